The van der Waals surface area contributed by atoms with Crippen LogP contribution in [-0.4, -0.2) is 24.8 Å². The van der Waals surface area contributed by atoms with Crippen LogP contribution in [0.5, 0.6) is 0 Å². The number of hydrogen-bond donors (Lipinski definition) is 0. The van der Waals surface area contributed by atoms with Crippen molar-refractivity contribution in [2.75, 3.05) is 13.6 Å². The van der Waals surface area contributed by atoms with E-state index in [1.54, 1.807) is 11.1 Å². The van der Waals surface area contributed by atoms with Gasteiger partial charge in [-0.3, -0.25) is 5.01 Å². The minimum atomic E-state index is 0.429. The normalized spacial score (nSPS) is 24.6. The Kier molecular flexibility index (Phi) is 3.15. The molecule has 0 unspecified atom stereocenters. The van der Waals surface area contributed by atoms with Crippen LogP contribution in [0.25, 0.3) is 0 Å². The largest absolute Gasteiger partial charge is 0.300 e. The zero-order chi connectivity index (χ0) is 12.6. The third-order valence-electron chi connectivity index (χ3n) is 3.89. The van der Waals surface area contributed by atoms with Gasteiger partial charge in [-0.1, -0.05) is 25.0 Å². The van der Waals surface area contributed by atoms with Gasteiger partial charge in [-0.05, 0) is 49.7 Å². The van der Waals surface area contributed by atoms with Crippen LogP contribution in [0.4, 0.5) is 0 Å². The molecule has 94 valence electrons. The van der Waals surface area contributed by atoms with Gasteiger partial charge < -0.3 is 0 Å². The van der Waals surface area contributed by atoms with Gasteiger partial charge in [0.25, 0.3) is 0 Å². The average molecular weight is 232 g/mol. The first-order chi connectivity index (χ1) is 7.89. The molecule has 0 saturated heterocycles. The van der Waals surface area contributed by atoms with Crippen molar-refractivity contribution in [3.8, 4) is 0 Å². The molecule has 0 bridgehead atoms. The Bertz CT molecular complexity index is 411. The maximum atomic E-state index is 4.50. The van der Waals surface area contributed by atoms with E-state index in [4.69, 9.17) is 0 Å². The lowest BCUT2D eigenvalue weighted by molar-refractivity contribution is 0.363. The third-order valence-corrected chi connectivity index (χ3v) is 3.89. The highest BCUT2D eigenvalue weighted by Gasteiger charge is 2.30. The molecule has 1 heterocycles. The second kappa shape index (κ2) is 4.32. The van der Waals surface area contributed by atoms with E-state index >= 15 is 0 Å². The molecule has 0 saturated carbocycles. The van der Waals surface area contributed by atoms with Crippen molar-refractivity contribution in [1.29, 1.82) is 0 Å². The molecule has 2 nitrogen and oxygen atoms in total. The Morgan fingerprint density at radius 1 is 1.18 bits per heavy atom. The van der Waals surface area contributed by atoms with Crippen LogP contribution < -0.4 is 0 Å². The lowest BCUT2D eigenvalue weighted by Crippen LogP contribution is -2.10. The molecule has 0 aromatic rings. The minimum absolute atomic E-state index is 0.429. The van der Waals surface area contributed by atoms with E-state index in [-0.39, 0.29) is 0 Å². The predicted octanol–water partition coefficient (Wildman–Crippen LogP) is 3.76. The van der Waals surface area contributed by atoms with E-state index in [0.29, 0.717) is 5.41 Å². The van der Waals surface area contributed by atoms with Crippen LogP contribution in [0.2, 0.25) is 0 Å². The first-order valence-corrected chi connectivity index (χ1v) is 6.53. The highest BCUT2D eigenvalue weighted by Crippen LogP contribution is 2.44. The number of hydrazone groups is 1. The average Bonchev–Trinajstić information content (AvgIpc) is 2.39. The van der Waals surface area contributed by atoms with Gasteiger partial charge in [0.15, 0.2) is 0 Å². The van der Waals surface area contributed by atoms with E-state index in [2.05, 4.69) is 39.0 Å². The smallest absolute Gasteiger partial charge is 0.0545 e. The summed E-state index contributed by atoms with van der Waals surface area (Å²) in [4.78, 5) is 0. The summed E-state index contributed by atoms with van der Waals surface area (Å²) in [5.41, 5.74) is 6.42. The quantitative estimate of drug-likeness (QED) is 0.672. The highest BCUT2D eigenvalue weighted by molar-refractivity contribution is 5.86. The minimum Gasteiger partial charge on any atom is -0.300 e. The van der Waals surface area contributed by atoms with E-state index < -0.39 is 0 Å². The van der Waals surface area contributed by atoms with Crippen LogP contribution >= 0.6 is 0 Å². The molecular formula is C15H24N2. The van der Waals surface area contributed by atoms with Crippen molar-refractivity contribution in [3.63, 3.8) is 0 Å². The van der Waals surface area contributed by atoms with Crippen molar-refractivity contribution in [3.05, 3.63) is 22.3 Å². The molecule has 2 rings (SSSR count). The Labute approximate surface area is 105 Å². The van der Waals surface area contributed by atoms with Crippen molar-refractivity contribution in [1.82, 2.24) is 5.01 Å². The summed E-state index contributed by atoms with van der Waals surface area (Å²) in [6, 6.07) is 0. The van der Waals surface area contributed by atoms with E-state index in [0.717, 1.165) is 13.0 Å². The van der Waals surface area contributed by atoms with Gasteiger partial charge in [0.1, 0.15) is 0 Å². The fourth-order valence-corrected chi connectivity index (χ4v) is 2.97. The molecule has 2 heteroatoms. The van der Waals surface area contributed by atoms with Gasteiger partial charge >= 0.3 is 0 Å². The highest BCUT2D eigenvalue weighted by atomic mass is 15.4. The first kappa shape index (κ1) is 12.4. The molecule has 0 aromatic heterocycles. The molecule has 0 atom stereocenters. The predicted molar refractivity (Wildman–Crippen MR) is 74.2 cm³/mol. The van der Waals surface area contributed by atoms with Crippen LogP contribution in [0.15, 0.2) is 27.4 Å². The topological polar surface area (TPSA) is 15.6 Å². The van der Waals surface area contributed by atoms with Gasteiger partial charge in [-0.15, -0.1) is 0 Å². The van der Waals surface area contributed by atoms with E-state index in [1.165, 1.54) is 24.0 Å². The summed E-state index contributed by atoms with van der Waals surface area (Å²) >= 11 is 0. The summed E-state index contributed by atoms with van der Waals surface area (Å²) < 4.78 is 0. The molecule has 1 aliphatic heterocycles. The Balaban J connectivity index is 2.33. The number of hydrogen-bond acceptors (Lipinski definition) is 2. The van der Waals surface area contributed by atoms with Gasteiger partial charge in [0.05, 0.1) is 6.21 Å². The second-order valence-corrected chi connectivity index (χ2v) is 6.35. The van der Waals surface area contributed by atoms with Crippen LogP contribution in [0, 0.1) is 5.41 Å². The maximum absolute atomic E-state index is 4.50. The first-order valence-electron chi connectivity index (χ1n) is 6.53. The lowest BCUT2D eigenvalue weighted by Gasteiger charge is -2.17. The van der Waals surface area contributed by atoms with Gasteiger partial charge in [-0.25, -0.2) is 0 Å². The molecule has 17 heavy (non-hydrogen) atoms. The van der Waals surface area contributed by atoms with Crippen LogP contribution in [0.3, 0.4) is 0 Å². The maximum Gasteiger partial charge on any atom is 0.0545 e. The summed E-state index contributed by atoms with van der Waals surface area (Å²) in [5.74, 6) is 0. The third kappa shape index (κ3) is 2.62. The molecule has 0 N–H and O–H groups in total. The fourth-order valence-electron chi connectivity index (χ4n) is 2.97. The van der Waals surface area contributed by atoms with Crippen LogP contribution in [0.1, 0.15) is 47.0 Å². The number of rotatable bonds is 1. The van der Waals surface area contributed by atoms with E-state index in [1.807, 2.05) is 12.1 Å². The van der Waals surface area contributed by atoms with Crippen molar-refractivity contribution >= 4 is 6.21 Å². The standard InChI is InChI=1S/C15H24N2/c1-11-6-7-17(5)16-10-14(11)13-9-15(3,4)8-12(13)2/h10H,6-9H2,1-5H3. The SMILES string of the molecule is CC1=C(C2=C(C)CC(C)(C)C2)C=NN(C)CC1. The van der Waals surface area contributed by atoms with Gasteiger partial charge in [0, 0.05) is 13.6 Å². The Morgan fingerprint density at radius 3 is 2.47 bits per heavy atom. The monoisotopic (exact) mass is 232 g/mol. The van der Waals surface area contributed by atoms with Crippen molar-refractivity contribution in [2.24, 2.45) is 10.5 Å². The van der Waals surface area contributed by atoms with E-state index in [9.17, 15) is 0 Å². The summed E-state index contributed by atoms with van der Waals surface area (Å²) in [5, 5.41) is 6.53. The molecular weight excluding hydrogens is 208 g/mol. The summed E-state index contributed by atoms with van der Waals surface area (Å²) in [7, 11) is 2.05. The molecule has 2 aliphatic rings. The summed E-state index contributed by atoms with van der Waals surface area (Å²) in [6.45, 7) is 10.3. The molecule has 0 spiro atoms. The molecule has 0 radical (unpaired) electrons. The van der Waals surface area contributed by atoms with Crippen molar-refractivity contribution in [2.45, 2.75) is 47.0 Å². The molecule has 0 fully saturated rings. The Morgan fingerprint density at radius 2 is 1.88 bits per heavy atom. The summed E-state index contributed by atoms with van der Waals surface area (Å²) in [6.07, 6.45) is 5.62. The van der Waals surface area contributed by atoms with Crippen LogP contribution in [-0.2, 0) is 0 Å². The number of nitrogens with zero attached hydrogens (tertiary/aromatic N) is 2. The lowest BCUT2D eigenvalue weighted by atomic mass is 9.87. The molecule has 1 aliphatic carbocycles. The fraction of sp³-hybridized carbons (Fsp3) is 0.667. The van der Waals surface area contributed by atoms with Gasteiger partial charge in [-0.2, -0.15) is 5.10 Å². The van der Waals surface area contributed by atoms with Crippen molar-refractivity contribution < 1.29 is 0 Å². The molecule has 0 amide bonds. The number of allylic oxidation sites excluding steroid dienone is 3. The second-order valence-electron chi connectivity index (χ2n) is 6.35. The zero-order valence-electron chi connectivity index (χ0n) is 11.8. The zero-order valence-corrected chi connectivity index (χ0v) is 11.8. The Hall–Kier alpha value is -1.05. The van der Waals surface area contributed by atoms with Gasteiger partial charge in [0.2, 0.25) is 0 Å². The molecule has 0 aromatic carbocycles.